The van der Waals surface area contributed by atoms with Gasteiger partial charge in [-0.2, -0.15) is 0 Å². The summed E-state index contributed by atoms with van der Waals surface area (Å²) in [4.78, 5) is 0. The van der Waals surface area contributed by atoms with Gasteiger partial charge in [0.15, 0.2) is 0 Å². The minimum absolute atomic E-state index is 0.0887. The summed E-state index contributed by atoms with van der Waals surface area (Å²) < 4.78 is 14.1. The van der Waals surface area contributed by atoms with Crippen LogP contribution in [0.4, 0.5) is 4.39 Å². The minimum atomic E-state index is -0.601. The summed E-state index contributed by atoms with van der Waals surface area (Å²) in [5.41, 5.74) is 6.19. The molecule has 2 nitrogen and oxygen atoms in total. The molecule has 0 amide bonds. The van der Waals surface area contributed by atoms with E-state index in [0.717, 1.165) is 12.8 Å². The van der Waals surface area contributed by atoms with Crippen molar-refractivity contribution in [2.75, 3.05) is 6.54 Å². The van der Waals surface area contributed by atoms with Gasteiger partial charge in [-0.3, -0.25) is 0 Å². The Bertz CT molecular complexity index is 434. The number of benzene rings is 1. The molecule has 0 heterocycles. The first-order chi connectivity index (χ1) is 9.63. The van der Waals surface area contributed by atoms with E-state index in [4.69, 9.17) is 17.3 Å². The summed E-state index contributed by atoms with van der Waals surface area (Å²) in [6, 6.07) is 4.89. The summed E-state index contributed by atoms with van der Waals surface area (Å²) in [7, 11) is 0. The average molecular weight is 300 g/mol. The van der Waals surface area contributed by atoms with E-state index < -0.39 is 11.9 Å². The highest BCUT2D eigenvalue weighted by Crippen LogP contribution is 2.33. The van der Waals surface area contributed by atoms with Gasteiger partial charge in [-0.1, -0.05) is 55.8 Å². The predicted molar refractivity (Wildman–Crippen MR) is 80.4 cm³/mol. The van der Waals surface area contributed by atoms with Gasteiger partial charge >= 0.3 is 0 Å². The number of nitrogens with two attached hydrogens (primary N) is 1. The van der Waals surface area contributed by atoms with Crippen LogP contribution in [0.3, 0.4) is 0 Å². The van der Waals surface area contributed by atoms with Gasteiger partial charge in [-0.25, -0.2) is 4.39 Å². The Kier molecular flexibility index (Phi) is 5.82. The summed E-state index contributed by atoms with van der Waals surface area (Å²) in [5.74, 6) is -0.294. The van der Waals surface area contributed by atoms with Crippen molar-refractivity contribution in [2.45, 2.75) is 50.5 Å². The molecule has 0 bridgehead atoms. The number of hydrogen-bond donors (Lipinski definition) is 2. The summed E-state index contributed by atoms with van der Waals surface area (Å²) >= 11 is 5.81. The molecule has 112 valence electrons. The summed E-state index contributed by atoms with van der Waals surface area (Å²) in [6.45, 7) is 0.227. The van der Waals surface area contributed by atoms with E-state index in [0.29, 0.717) is 17.9 Å². The lowest BCUT2D eigenvalue weighted by atomic mass is 9.81. The number of hydrogen-bond acceptors (Lipinski definition) is 2. The van der Waals surface area contributed by atoms with Crippen LogP contribution in [-0.2, 0) is 0 Å². The van der Waals surface area contributed by atoms with Crippen LogP contribution in [0.1, 0.15) is 50.0 Å². The van der Waals surface area contributed by atoms with Crippen LogP contribution in [0.5, 0.6) is 0 Å². The second-order valence-electron chi connectivity index (χ2n) is 5.79. The second-order valence-corrected chi connectivity index (χ2v) is 6.20. The molecule has 1 fully saturated rings. The van der Waals surface area contributed by atoms with E-state index >= 15 is 0 Å². The zero-order valence-corrected chi connectivity index (χ0v) is 12.5. The zero-order chi connectivity index (χ0) is 14.5. The monoisotopic (exact) mass is 299 g/mol. The van der Waals surface area contributed by atoms with E-state index in [2.05, 4.69) is 0 Å². The van der Waals surface area contributed by atoms with Gasteiger partial charge in [-0.05, 0) is 24.0 Å². The first-order valence-corrected chi connectivity index (χ1v) is 7.83. The van der Waals surface area contributed by atoms with Crippen LogP contribution in [-0.4, -0.2) is 17.8 Å². The normalized spacial score (nSPS) is 19.8. The van der Waals surface area contributed by atoms with E-state index in [1.807, 2.05) is 0 Å². The first kappa shape index (κ1) is 15.7. The summed E-state index contributed by atoms with van der Waals surface area (Å²) in [5, 5.41) is 10.5. The fourth-order valence-electron chi connectivity index (χ4n) is 3.23. The quantitative estimate of drug-likeness (QED) is 0.867. The number of halogens is 2. The van der Waals surface area contributed by atoms with Gasteiger partial charge in [0.25, 0.3) is 0 Å². The van der Waals surface area contributed by atoms with Gasteiger partial charge in [0.1, 0.15) is 5.82 Å². The molecule has 0 aliphatic heterocycles. The van der Waals surface area contributed by atoms with E-state index in [1.54, 1.807) is 12.1 Å². The first-order valence-electron chi connectivity index (χ1n) is 7.45. The Morgan fingerprint density at radius 2 is 2.00 bits per heavy atom. The molecule has 2 rings (SSSR count). The molecule has 1 aliphatic carbocycles. The Balaban J connectivity index is 2.08. The molecule has 4 heteroatoms. The average Bonchev–Trinajstić information content (AvgIpc) is 2.45. The zero-order valence-electron chi connectivity index (χ0n) is 11.7. The van der Waals surface area contributed by atoms with Crippen LogP contribution >= 0.6 is 11.6 Å². The highest BCUT2D eigenvalue weighted by atomic mass is 35.5. The van der Waals surface area contributed by atoms with Crippen molar-refractivity contribution in [2.24, 2.45) is 11.7 Å². The number of rotatable bonds is 5. The minimum Gasteiger partial charge on any atom is -0.392 e. The van der Waals surface area contributed by atoms with Crippen molar-refractivity contribution in [3.05, 3.63) is 34.6 Å². The van der Waals surface area contributed by atoms with Crippen LogP contribution in [0.15, 0.2) is 18.2 Å². The topological polar surface area (TPSA) is 46.2 Å². The SMILES string of the molecule is NCC(c1cccc(Cl)c1F)C(O)CC1CCCCC1. The van der Waals surface area contributed by atoms with Crippen molar-refractivity contribution >= 4 is 11.6 Å². The molecule has 1 aromatic carbocycles. The maximum atomic E-state index is 14.1. The van der Waals surface area contributed by atoms with Crippen molar-refractivity contribution in [3.8, 4) is 0 Å². The Hall–Kier alpha value is -0.640. The third-order valence-electron chi connectivity index (χ3n) is 4.40. The summed E-state index contributed by atoms with van der Waals surface area (Å²) in [6.07, 6.45) is 6.17. The molecule has 0 spiro atoms. The lowest BCUT2D eigenvalue weighted by molar-refractivity contribution is 0.104. The molecular weight excluding hydrogens is 277 g/mol. The molecule has 1 aromatic rings. The van der Waals surface area contributed by atoms with Gasteiger partial charge < -0.3 is 10.8 Å². The number of aliphatic hydroxyl groups is 1. The van der Waals surface area contributed by atoms with Crippen molar-refractivity contribution in [3.63, 3.8) is 0 Å². The van der Waals surface area contributed by atoms with Crippen molar-refractivity contribution < 1.29 is 9.50 Å². The van der Waals surface area contributed by atoms with Crippen LogP contribution in [0.2, 0.25) is 5.02 Å². The van der Waals surface area contributed by atoms with Crippen molar-refractivity contribution in [1.29, 1.82) is 0 Å². The van der Waals surface area contributed by atoms with Gasteiger partial charge in [0.05, 0.1) is 11.1 Å². The van der Waals surface area contributed by atoms with Gasteiger partial charge in [0, 0.05) is 12.5 Å². The van der Waals surface area contributed by atoms with E-state index in [9.17, 15) is 9.50 Å². The van der Waals surface area contributed by atoms with E-state index in [1.165, 1.54) is 25.3 Å². The molecule has 3 N–H and O–H groups in total. The molecule has 0 aromatic heterocycles. The second kappa shape index (κ2) is 7.39. The Morgan fingerprint density at radius 1 is 1.30 bits per heavy atom. The highest BCUT2D eigenvalue weighted by molar-refractivity contribution is 6.30. The van der Waals surface area contributed by atoms with Crippen LogP contribution in [0, 0.1) is 11.7 Å². The molecular formula is C16H23ClFNO. The van der Waals surface area contributed by atoms with E-state index in [-0.39, 0.29) is 17.5 Å². The molecule has 1 saturated carbocycles. The standard InChI is InChI=1S/C16H23ClFNO/c17-14-8-4-7-12(16(14)18)13(10-19)15(20)9-11-5-2-1-3-6-11/h4,7-8,11,13,15,20H,1-3,5-6,9-10,19H2. The third-order valence-corrected chi connectivity index (χ3v) is 4.69. The Labute approximate surface area is 125 Å². The van der Waals surface area contributed by atoms with Crippen LogP contribution in [0.25, 0.3) is 0 Å². The lowest BCUT2D eigenvalue weighted by Crippen LogP contribution is -2.29. The molecule has 1 aliphatic rings. The highest BCUT2D eigenvalue weighted by Gasteiger charge is 2.27. The maximum Gasteiger partial charge on any atom is 0.145 e. The largest absolute Gasteiger partial charge is 0.392 e. The molecule has 2 atom stereocenters. The Morgan fingerprint density at radius 3 is 2.65 bits per heavy atom. The molecule has 0 saturated heterocycles. The van der Waals surface area contributed by atoms with Gasteiger partial charge in [-0.15, -0.1) is 0 Å². The molecule has 20 heavy (non-hydrogen) atoms. The number of aliphatic hydroxyl groups excluding tert-OH is 1. The predicted octanol–water partition coefficient (Wildman–Crippen LogP) is 3.85. The fraction of sp³-hybridized carbons (Fsp3) is 0.625. The van der Waals surface area contributed by atoms with Crippen molar-refractivity contribution in [1.82, 2.24) is 0 Å². The fourth-order valence-corrected chi connectivity index (χ4v) is 3.41. The molecule has 2 unspecified atom stereocenters. The lowest BCUT2D eigenvalue weighted by Gasteiger charge is -2.28. The smallest absolute Gasteiger partial charge is 0.145 e. The molecule has 0 radical (unpaired) electrons. The maximum absolute atomic E-state index is 14.1. The van der Waals surface area contributed by atoms with Crippen LogP contribution < -0.4 is 5.73 Å². The van der Waals surface area contributed by atoms with Gasteiger partial charge in [0.2, 0.25) is 0 Å². The third kappa shape index (κ3) is 3.72.